The Morgan fingerprint density at radius 1 is 0.921 bits per heavy atom. The van der Waals surface area contributed by atoms with Gasteiger partial charge >= 0.3 is 11.9 Å². The van der Waals surface area contributed by atoms with Gasteiger partial charge in [0.05, 0.1) is 6.61 Å². The first-order valence-electron chi connectivity index (χ1n) is 14.6. The summed E-state index contributed by atoms with van der Waals surface area (Å²) in [5.74, 6) is -1.50. The third-order valence-electron chi connectivity index (χ3n) is 7.40. The molecule has 0 fully saturated rings. The van der Waals surface area contributed by atoms with E-state index in [0.29, 0.717) is 18.9 Å². The summed E-state index contributed by atoms with van der Waals surface area (Å²) in [6.07, 6.45) is 14.6. The van der Waals surface area contributed by atoms with Gasteiger partial charge in [0.2, 0.25) is 5.71 Å². The number of hydrogen-bond acceptors (Lipinski definition) is 7. The largest absolute Gasteiger partial charge is 0.463 e. The van der Waals surface area contributed by atoms with E-state index in [1.165, 1.54) is 38.5 Å². The Morgan fingerprint density at radius 3 is 2.16 bits per heavy atom. The number of benzene rings is 1. The van der Waals surface area contributed by atoms with Crippen molar-refractivity contribution in [1.29, 1.82) is 0 Å². The van der Waals surface area contributed by atoms with Gasteiger partial charge in [0.1, 0.15) is 5.71 Å². The molecular weight excluding hydrogens is 480 g/mol. The monoisotopic (exact) mass is 528 g/mol. The number of ether oxygens (including phenoxy) is 2. The van der Waals surface area contributed by atoms with Crippen molar-refractivity contribution in [3.63, 3.8) is 0 Å². The molecule has 1 aliphatic heterocycles. The van der Waals surface area contributed by atoms with Gasteiger partial charge in [-0.15, -0.1) is 0 Å². The molecule has 0 unspecified atom stereocenters. The molecule has 38 heavy (non-hydrogen) atoms. The molecule has 1 N–H and O–H groups in total. The van der Waals surface area contributed by atoms with Gasteiger partial charge in [-0.2, -0.15) is 0 Å². The molecule has 7 nitrogen and oxygen atoms in total. The summed E-state index contributed by atoms with van der Waals surface area (Å²) >= 11 is 0. The molecule has 1 aromatic rings. The average Bonchev–Trinajstić information content (AvgIpc) is 2.90. The van der Waals surface area contributed by atoms with E-state index in [0.717, 1.165) is 61.6 Å². The highest BCUT2D eigenvalue weighted by molar-refractivity contribution is 6.69. The Bertz CT molecular complexity index is 948. The number of unbranched alkanes of at least 4 members (excludes halogenated alkanes) is 8. The second kappa shape index (κ2) is 17.0. The molecule has 0 bridgehead atoms. The zero-order valence-electron chi connectivity index (χ0n) is 24.0. The molecule has 0 spiro atoms. The SMILES string of the molecule is CCCCCCCCCCCOC(=O)COC(=O)/C(=N/O)C1=NCC(CCC)(CCC)c2c(C)cccc21. The van der Waals surface area contributed by atoms with Crippen LogP contribution in [0.4, 0.5) is 0 Å². The molecule has 7 heteroatoms. The second-order valence-corrected chi connectivity index (χ2v) is 10.5. The number of esters is 2. The lowest BCUT2D eigenvalue weighted by Crippen LogP contribution is -2.40. The van der Waals surface area contributed by atoms with Crippen molar-refractivity contribution in [1.82, 2.24) is 0 Å². The number of rotatable bonds is 18. The van der Waals surface area contributed by atoms with Gasteiger partial charge in [0.15, 0.2) is 6.61 Å². The maximum Gasteiger partial charge on any atom is 0.363 e. The Hall–Kier alpha value is -2.70. The molecule has 0 aromatic heterocycles. The molecular formula is C31H48N2O5. The Kier molecular flexibility index (Phi) is 14.1. The molecule has 1 heterocycles. The van der Waals surface area contributed by atoms with Gasteiger partial charge in [0.25, 0.3) is 0 Å². The van der Waals surface area contributed by atoms with Crippen molar-refractivity contribution in [2.75, 3.05) is 19.8 Å². The first kappa shape index (κ1) is 31.5. The number of aryl methyl sites for hydroxylation is 1. The van der Waals surface area contributed by atoms with E-state index in [1.807, 2.05) is 12.1 Å². The summed E-state index contributed by atoms with van der Waals surface area (Å²) in [5.41, 5.74) is 2.98. The summed E-state index contributed by atoms with van der Waals surface area (Å²) < 4.78 is 10.4. The average molecular weight is 529 g/mol. The van der Waals surface area contributed by atoms with E-state index < -0.39 is 18.5 Å². The van der Waals surface area contributed by atoms with Crippen molar-refractivity contribution >= 4 is 23.4 Å². The van der Waals surface area contributed by atoms with Crippen molar-refractivity contribution in [2.45, 2.75) is 117 Å². The normalized spacial score (nSPS) is 14.5. The number of hydrogen-bond donors (Lipinski definition) is 1. The highest BCUT2D eigenvalue weighted by atomic mass is 16.6. The summed E-state index contributed by atoms with van der Waals surface area (Å²) in [6, 6.07) is 5.90. The van der Waals surface area contributed by atoms with E-state index in [9.17, 15) is 14.8 Å². The van der Waals surface area contributed by atoms with Gasteiger partial charge in [-0.05, 0) is 37.3 Å². The van der Waals surface area contributed by atoms with Crippen LogP contribution in [0, 0.1) is 6.92 Å². The number of aliphatic imine (C=N–C) groups is 1. The topological polar surface area (TPSA) is 97.6 Å². The fourth-order valence-corrected chi connectivity index (χ4v) is 5.67. The second-order valence-electron chi connectivity index (χ2n) is 10.5. The quantitative estimate of drug-likeness (QED) is 0.0721. The van der Waals surface area contributed by atoms with Gasteiger partial charge in [0, 0.05) is 17.5 Å². The number of carbonyl (C=O) groups excluding carboxylic acids is 2. The highest BCUT2D eigenvalue weighted by Gasteiger charge is 2.40. The Labute approximate surface area is 229 Å². The van der Waals surface area contributed by atoms with E-state index in [2.05, 4.69) is 38.9 Å². The van der Waals surface area contributed by atoms with Crippen LogP contribution in [0.2, 0.25) is 0 Å². The molecule has 2 rings (SSSR count). The molecule has 0 amide bonds. The first-order chi connectivity index (χ1) is 18.4. The number of fused-ring (bicyclic) bond motifs is 1. The van der Waals surface area contributed by atoms with Crippen molar-refractivity contribution < 1.29 is 24.3 Å². The van der Waals surface area contributed by atoms with Gasteiger partial charge in [-0.3, -0.25) is 4.99 Å². The molecule has 0 radical (unpaired) electrons. The lowest BCUT2D eigenvalue weighted by molar-refractivity contribution is -0.155. The minimum Gasteiger partial charge on any atom is -0.463 e. The van der Waals surface area contributed by atoms with Crippen LogP contribution in [-0.4, -0.2) is 48.3 Å². The third-order valence-corrected chi connectivity index (χ3v) is 7.40. The zero-order chi connectivity index (χ0) is 27.8. The molecule has 212 valence electrons. The predicted octanol–water partition coefficient (Wildman–Crippen LogP) is 7.08. The van der Waals surface area contributed by atoms with Gasteiger partial charge < -0.3 is 14.7 Å². The highest BCUT2D eigenvalue weighted by Crippen LogP contribution is 2.41. The summed E-state index contributed by atoms with van der Waals surface area (Å²) in [4.78, 5) is 29.7. The van der Waals surface area contributed by atoms with Crippen LogP contribution in [0.25, 0.3) is 0 Å². The van der Waals surface area contributed by atoms with Crippen LogP contribution in [0.1, 0.15) is 121 Å². The van der Waals surface area contributed by atoms with E-state index in [1.54, 1.807) is 0 Å². The fourth-order valence-electron chi connectivity index (χ4n) is 5.67. The predicted molar refractivity (Wildman–Crippen MR) is 152 cm³/mol. The Balaban J connectivity index is 1.90. The maximum absolute atomic E-state index is 12.8. The van der Waals surface area contributed by atoms with Crippen molar-refractivity contribution in [2.24, 2.45) is 10.1 Å². The van der Waals surface area contributed by atoms with Crippen molar-refractivity contribution in [3.05, 3.63) is 34.9 Å². The summed E-state index contributed by atoms with van der Waals surface area (Å²) in [5, 5.41) is 13.0. The van der Waals surface area contributed by atoms with Crippen LogP contribution in [-0.2, 0) is 24.5 Å². The first-order valence-corrected chi connectivity index (χ1v) is 14.6. The van der Waals surface area contributed by atoms with Crippen LogP contribution in [0.5, 0.6) is 0 Å². The summed E-state index contributed by atoms with van der Waals surface area (Å²) in [6.45, 7) is 8.91. The van der Waals surface area contributed by atoms with Crippen molar-refractivity contribution in [3.8, 4) is 0 Å². The van der Waals surface area contributed by atoms with E-state index in [4.69, 9.17) is 14.5 Å². The lowest BCUT2D eigenvalue weighted by atomic mass is 9.68. The molecule has 1 aromatic carbocycles. The maximum atomic E-state index is 12.8. The molecule has 0 atom stereocenters. The standard InChI is InChI=1S/C31H48N2O5/c1-5-8-9-10-11-12-13-14-15-21-37-26(34)22-38-30(35)29(33-36)28-25-18-16-17-24(4)27(25)31(19-6-2,20-7-3)23-32-28/h16-18,36H,5-15,19-23H2,1-4H3/b33-29+. The number of nitrogens with zero attached hydrogens (tertiary/aromatic N) is 2. The number of carbonyl (C=O) groups is 2. The molecule has 0 saturated carbocycles. The molecule has 1 aliphatic rings. The van der Waals surface area contributed by atoms with E-state index >= 15 is 0 Å². The van der Waals surface area contributed by atoms with Crippen LogP contribution < -0.4 is 0 Å². The van der Waals surface area contributed by atoms with E-state index in [-0.39, 0.29) is 11.1 Å². The third kappa shape index (κ3) is 8.95. The van der Waals surface area contributed by atoms with Crippen LogP contribution >= 0.6 is 0 Å². The smallest absolute Gasteiger partial charge is 0.363 e. The molecule has 0 saturated heterocycles. The van der Waals surface area contributed by atoms with Crippen LogP contribution in [0.15, 0.2) is 28.3 Å². The van der Waals surface area contributed by atoms with Crippen LogP contribution in [0.3, 0.4) is 0 Å². The Morgan fingerprint density at radius 2 is 1.55 bits per heavy atom. The zero-order valence-corrected chi connectivity index (χ0v) is 24.0. The minimum absolute atomic E-state index is 0.114. The number of oxime groups is 1. The lowest BCUT2D eigenvalue weighted by Gasteiger charge is -2.39. The summed E-state index contributed by atoms with van der Waals surface area (Å²) in [7, 11) is 0. The minimum atomic E-state index is -0.891. The molecule has 0 aliphatic carbocycles. The van der Waals surface area contributed by atoms with Gasteiger partial charge in [-0.1, -0.05) is 108 Å². The fraction of sp³-hybridized carbons (Fsp3) is 0.677. The van der Waals surface area contributed by atoms with Gasteiger partial charge in [-0.25, -0.2) is 9.59 Å².